The largest absolute Gasteiger partial charge is 0.298 e. The molecule has 1 saturated heterocycles. The highest BCUT2D eigenvalue weighted by Crippen LogP contribution is 2.32. The molecule has 1 fully saturated rings. The third-order valence-corrected chi connectivity index (χ3v) is 9.78. The Morgan fingerprint density at radius 2 is 1.71 bits per heavy atom. The van der Waals surface area contributed by atoms with Crippen molar-refractivity contribution >= 4 is 32.3 Å². The van der Waals surface area contributed by atoms with E-state index in [9.17, 15) is 13.2 Å². The molecular weight excluding hydrogens is 470 g/mol. The quantitative estimate of drug-likeness (QED) is 0.423. The Hall–Kier alpha value is -2.92. The number of aromatic nitrogens is 3. The van der Waals surface area contributed by atoms with Crippen molar-refractivity contribution in [2.75, 3.05) is 26.2 Å². The first kappa shape index (κ1) is 22.9. The van der Waals surface area contributed by atoms with E-state index in [1.807, 2.05) is 49.4 Å². The summed E-state index contributed by atoms with van der Waals surface area (Å²) < 4.78 is 30.0. The van der Waals surface area contributed by atoms with E-state index in [2.05, 4.69) is 9.88 Å². The van der Waals surface area contributed by atoms with E-state index in [4.69, 9.17) is 4.98 Å². The van der Waals surface area contributed by atoms with E-state index >= 15 is 0 Å². The van der Waals surface area contributed by atoms with Crippen LogP contribution in [0.25, 0.3) is 21.5 Å². The molecule has 8 nitrogen and oxygen atoms in total. The second-order valence-electron chi connectivity index (χ2n) is 8.30. The predicted octanol–water partition coefficient (Wildman–Crippen LogP) is 3.12. The highest BCUT2D eigenvalue weighted by Gasteiger charge is 2.32. The Bertz CT molecular complexity index is 1490. The molecular formula is C24H25N5O3S2. The summed E-state index contributed by atoms with van der Waals surface area (Å²) in [6, 6.07) is 16.3. The number of benzene rings is 1. The minimum Gasteiger partial charge on any atom is -0.298 e. The number of piperazine rings is 1. The van der Waals surface area contributed by atoms with Crippen molar-refractivity contribution in [2.45, 2.75) is 17.2 Å². The standard InChI is InChI=1S/C24H25N5O3S2/c1-17(23-26-19-8-4-3-7-18(19)24(30)27(23)2)28-13-15-29(16-14-28)34(31,32)22-11-10-21(33-22)20-9-5-6-12-25-20/h3-12,17H,13-16H2,1-2H3. The minimum absolute atomic E-state index is 0.0740. The second-order valence-corrected chi connectivity index (χ2v) is 11.5. The van der Waals surface area contributed by atoms with Crippen LogP contribution in [0.4, 0.5) is 0 Å². The number of thiophene rings is 1. The van der Waals surface area contributed by atoms with Gasteiger partial charge in [-0.15, -0.1) is 11.3 Å². The molecule has 176 valence electrons. The number of nitrogens with zero attached hydrogens (tertiary/aromatic N) is 5. The third-order valence-electron chi connectivity index (χ3n) is 6.31. The molecule has 1 unspecified atom stereocenters. The van der Waals surface area contributed by atoms with Crippen LogP contribution < -0.4 is 5.56 Å². The number of rotatable bonds is 5. The van der Waals surface area contributed by atoms with Gasteiger partial charge in [0.1, 0.15) is 10.0 Å². The first-order valence-corrected chi connectivity index (χ1v) is 13.3. The Balaban J connectivity index is 1.32. The molecule has 0 amide bonds. The average Bonchev–Trinajstić information content (AvgIpc) is 3.38. The van der Waals surface area contributed by atoms with Crippen LogP contribution in [-0.2, 0) is 17.1 Å². The monoisotopic (exact) mass is 495 g/mol. The summed E-state index contributed by atoms with van der Waals surface area (Å²) in [6.07, 6.45) is 1.70. The topological polar surface area (TPSA) is 88.4 Å². The smallest absolute Gasteiger partial charge is 0.261 e. The van der Waals surface area contributed by atoms with Gasteiger partial charge in [0.2, 0.25) is 0 Å². The zero-order valence-electron chi connectivity index (χ0n) is 19.0. The third kappa shape index (κ3) is 4.07. The molecule has 0 saturated carbocycles. The van der Waals surface area contributed by atoms with Crippen molar-refractivity contribution in [3.8, 4) is 10.6 Å². The van der Waals surface area contributed by atoms with E-state index in [0.717, 1.165) is 10.6 Å². The van der Waals surface area contributed by atoms with Gasteiger partial charge in [0.15, 0.2) is 0 Å². The molecule has 1 aliphatic rings. The van der Waals surface area contributed by atoms with E-state index in [-0.39, 0.29) is 11.6 Å². The number of hydrogen-bond donors (Lipinski definition) is 0. The number of pyridine rings is 1. The van der Waals surface area contributed by atoms with E-state index in [1.165, 1.54) is 15.6 Å². The second kappa shape index (κ2) is 9.03. The van der Waals surface area contributed by atoms with Gasteiger partial charge in [-0.05, 0) is 43.3 Å². The Morgan fingerprint density at radius 1 is 0.971 bits per heavy atom. The van der Waals surface area contributed by atoms with Gasteiger partial charge >= 0.3 is 0 Å². The maximum absolute atomic E-state index is 13.3. The molecule has 5 rings (SSSR count). The average molecular weight is 496 g/mol. The maximum atomic E-state index is 13.3. The molecule has 0 aliphatic carbocycles. The van der Waals surface area contributed by atoms with Gasteiger partial charge in [0, 0.05) is 39.4 Å². The molecule has 3 aromatic heterocycles. The molecule has 1 atom stereocenters. The van der Waals surface area contributed by atoms with Gasteiger partial charge in [0.05, 0.1) is 27.5 Å². The SMILES string of the molecule is CC(c1nc2ccccc2c(=O)n1C)N1CCN(S(=O)(=O)c2ccc(-c3ccccn3)s2)CC1. The molecule has 10 heteroatoms. The van der Waals surface area contributed by atoms with Crippen LogP contribution in [0.3, 0.4) is 0 Å². The summed E-state index contributed by atoms with van der Waals surface area (Å²) in [5.74, 6) is 0.679. The maximum Gasteiger partial charge on any atom is 0.261 e. The summed E-state index contributed by atoms with van der Waals surface area (Å²) in [4.78, 5) is 24.9. The molecule has 1 aliphatic heterocycles. The predicted molar refractivity (Wildman–Crippen MR) is 133 cm³/mol. The van der Waals surface area contributed by atoms with Crippen LogP contribution in [0.2, 0.25) is 0 Å². The lowest BCUT2D eigenvalue weighted by Crippen LogP contribution is -2.49. The zero-order valence-corrected chi connectivity index (χ0v) is 20.6. The molecule has 0 bridgehead atoms. The molecule has 34 heavy (non-hydrogen) atoms. The molecule has 0 radical (unpaired) electrons. The van der Waals surface area contributed by atoms with Crippen LogP contribution in [0.5, 0.6) is 0 Å². The Morgan fingerprint density at radius 3 is 2.44 bits per heavy atom. The number of sulfonamides is 1. The molecule has 4 heterocycles. The summed E-state index contributed by atoms with van der Waals surface area (Å²) in [6.45, 7) is 3.89. The normalized spacial score (nSPS) is 16.6. The molecule has 0 spiro atoms. The van der Waals surface area contributed by atoms with Gasteiger partial charge in [-0.3, -0.25) is 19.2 Å². The first-order valence-electron chi connectivity index (χ1n) is 11.1. The highest BCUT2D eigenvalue weighted by atomic mass is 32.2. The van der Waals surface area contributed by atoms with E-state index < -0.39 is 10.0 Å². The number of hydrogen-bond acceptors (Lipinski definition) is 7. The van der Waals surface area contributed by atoms with Crippen LogP contribution in [0.15, 0.2) is 69.8 Å². The Labute approximate surface area is 202 Å². The van der Waals surface area contributed by atoms with Crippen LogP contribution in [0, 0.1) is 0 Å². The van der Waals surface area contributed by atoms with Crippen molar-refractivity contribution in [1.29, 1.82) is 0 Å². The van der Waals surface area contributed by atoms with Gasteiger partial charge in [-0.1, -0.05) is 18.2 Å². The van der Waals surface area contributed by atoms with Crippen LogP contribution in [0.1, 0.15) is 18.8 Å². The fraction of sp³-hybridized carbons (Fsp3) is 0.292. The fourth-order valence-corrected chi connectivity index (χ4v) is 7.20. The molecule has 1 aromatic carbocycles. The van der Waals surface area contributed by atoms with Crippen molar-refractivity contribution in [1.82, 2.24) is 23.7 Å². The van der Waals surface area contributed by atoms with Gasteiger partial charge in [-0.25, -0.2) is 13.4 Å². The van der Waals surface area contributed by atoms with Crippen molar-refractivity contribution in [3.63, 3.8) is 0 Å². The van der Waals surface area contributed by atoms with Gasteiger partial charge < -0.3 is 0 Å². The minimum atomic E-state index is -3.58. The van der Waals surface area contributed by atoms with Crippen molar-refractivity contribution in [3.05, 3.63) is 77.0 Å². The van der Waals surface area contributed by atoms with Crippen LogP contribution in [-0.4, -0.2) is 58.3 Å². The Kier molecular flexibility index (Phi) is 6.07. The fourth-order valence-electron chi connectivity index (χ4n) is 4.34. The highest BCUT2D eigenvalue weighted by molar-refractivity contribution is 7.91. The van der Waals surface area contributed by atoms with Crippen molar-refractivity contribution < 1.29 is 8.42 Å². The van der Waals surface area contributed by atoms with E-state index in [1.54, 1.807) is 29.9 Å². The van der Waals surface area contributed by atoms with Crippen molar-refractivity contribution in [2.24, 2.45) is 7.05 Å². The number of para-hydroxylation sites is 1. The zero-order chi connectivity index (χ0) is 23.9. The lowest BCUT2D eigenvalue weighted by Gasteiger charge is -2.37. The lowest BCUT2D eigenvalue weighted by atomic mass is 10.2. The number of fused-ring (bicyclic) bond motifs is 1. The summed E-state index contributed by atoms with van der Waals surface area (Å²) in [7, 11) is -1.84. The summed E-state index contributed by atoms with van der Waals surface area (Å²) >= 11 is 1.24. The van der Waals surface area contributed by atoms with Gasteiger partial charge in [0.25, 0.3) is 15.6 Å². The van der Waals surface area contributed by atoms with E-state index in [0.29, 0.717) is 47.1 Å². The summed E-state index contributed by atoms with van der Waals surface area (Å²) in [5, 5.41) is 0.595. The molecule has 4 aromatic rings. The molecule has 0 N–H and O–H groups in total. The lowest BCUT2D eigenvalue weighted by molar-refractivity contribution is 0.139. The van der Waals surface area contributed by atoms with Gasteiger partial charge in [-0.2, -0.15) is 4.31 Å². The van der Waals surface area contributed by atoms with Crippen LogP contribution >= 0.6 is 11.3 Å². The summed E-state index contributed by atoms with van der Waals surface area (Å²) in [5.41, 5.74) is 1.37. The first-order chi connectivity index (χ1) is 16.4.